The minimum absolute atomic E-state index is 0.0170. The van der Waals surface area contributed by atoms with E-state index in [1.54, 1.807) is 102 Å². The van der Waals surface area contributed by atoms with Gasteiger partial charge in [-0.2, -0.15) is 13.2 Å². The maximum Gasteiger partial charge on any atom is 0.408 e. The molecule has 4 amide bonds. The summed E-state index contributed by atoms with van der Waals surface area (Å²) in [5.74, 6) is -9.59. The topological polar surface area (TPSA) is 560 Å². The number of hydrogen-bond acceptors (Lipinski definition) is 28. The number of carbonyl (C=O) groups excluding carboxylic acids is 4. The maximum absolute atomic E-state index is 13.5. The van der Waals surface area contributed by atoms with Crippen LogP contribution in [0.15, 0.2) is 71.1 Å². The number of benzene rings is 4. The Hall–Kier alpha value is -12.7. The van der Waals surface area contributed by atoms with Crippen LogP contribution in [-0.2, 0) is 38.1 Å². The van der Waals surface area contributed by atoms with Crippen molar-refractivity contribution in [2.75, 3.05) is 26.4 Å². The van der Waals surface area contributed by atoms with E-state index in [2.05, 4.69) is 25.6 Å². The van der Waals surface area contributed by atoms with E-state index in [4.69, 9.17) is 52.5 Å². The van der Waals surface area contributed by atoms with E-state index in [1.165, 1.54) is 24.3 Å². The van der Waals surface area contributed by atoms with Crippen LogP contribution in [0.1, 0.15) is 113 Å². The molecule has 8 N–H and O–H groups in total. The molecule has 0 aliphatic heterocycles. The average Bonchev–Trinajstić information content (AvgIpc) is 0.968. The first kappa shape index (κ1) is 88.5. The highest BCUT2D eigenvalue weighted by Gasteiger charge is 2.33. The molecule has 1 aliphatic rings. The second kappa shape index (κ2) is 38.7. The third-order valence-electron chi connectivity index (χ3n) is 12.3. The molecular formula is C63H76F4N10O30. The number of aryl methyl sites for hydroxylation is 1. The van der Waals surface area contributed by atoms with Crippen LogP contribution in [0.3, 0.4) is 0 Å². The summed E-state index contributed by atoms with van der Waals surface area (Å²) < 4.78 is 101. The molecule has 4 aromatic carbocycles. The molecule has 107 heavy (non-hydrogen) atoms. The monoisotopic (exact) mass is 1530 g/mol. The Morgan fingerprint density at radius 2 is 0.869 bits per heavy atom. The van der Waals surface area contributed by atoms with Crippen LogP contribution in [0.5, 0.6) is 28.7 Å². The summed E-state index contributed by atoms with van der Waals surface area (Å²) >= 11 is 0. The molecule has 1 aromatic heterocycles. The highest BCUT2D eigenvalue weighted by Crippen LogP contribution is 2.43. The number of aliphatic carboxylic acids is 4. The van der Waals surface area contributed by atoms with Gasteiger partial charge < -0.3 is 88.7 Å². The van der Waals surface area contributed by atoms with Crippen LogP contribution in [0.4, 0.5) is 59.5 Å². The fourth-order valence-corrected chi connectivity index (χ4v) is 7.75. The quantitative estimate of drug-likeness (QED) is 0.00998. The zero-order valence-electron chi connectivity index (χ0n) is 59.2. The van der Waals surface area contributed by atoms with Crippen molar-refractivity contribution in [3.8, 4) is 40.2 Å². The lowest BCUT2D eigenvalue weighted by Gasteiger charge is -2.22. The van der Waals surface area contributed by atoms with Crippen LogP contribution >= 0.6 is 0 Å². The second-order valence-electron chi connectivity index (χ2n) is 26.0. The fraction of sp³-hybridized carbons (Fsp3) is 0.460. The van der Waals surface area contributed by atoms with Gasteiger partial charge in [0.15, 0.2) is 35.7 Å². The number of halogens is 4. The summed E-state index contributed by atoms with van der Waals surface area (Å²) in [6.45, 7) is 15.0. The first-order chi connectivity index (χ1) is 49.3. The summed E-state index contributed by atoms with van der Waals surface area (Å²) in [5.41, 5.74) is -4.60. The third-order valence-corrected chi connectivity index (χ3v) is 12.3. The zero-order valence-corrected chi connectivity index (χ0v) is 59.2. The van der Waals surface area contributed by atoms with Crippen LogP contribution < -0.4 is 45.0 Å². The van der Waals surface area contributed by atoms with Gasteiger partial charge in [-0.1, -0.05) is 6.07 Å². The molecule has 1 aliphatic carbocycles. The number of nitrogens with zero attached hydrogens (tertiary/aromatic N) is 6. The molecule has 0 bridgehead atoms. The van der Waals surface area contributed by atoms with E-state index >= 15 is 0 Å². The molecule has 1 saturated carbocycles. The van der Waals surface area contributed by atoms with E-state index in [0.717, 1.165) is 36.6 Å². The van der Waals surface area contributed by atoms with E-state index < -0.39 is 193 Å². The van der Waals surface area contributed by atoms with Crippen molar-refractivity contribution in [3.63, 3.8) is 0 Å². The summed E-state index contributed by atoms with van der Waals surface area (Å²) in [6, 6.07) is 5.75. The van der Waals surface area contributed by atoms with Gasteiger partial charge in [0, 0.05) is 48.9 Å². The summed E-state index contributed by atoms with van der Waals surface area (Å²) in [6.07, 6.45) is -1.95. The van der Waals surface area contributed by atoms with Gasteiger partial charge in [-0.15, -0.1) is 10.2 Å². The molecule has 6 rings (SSSR count). The number of hydrogen-bond donors (Lipinski definition) is 8. The number of nitrogens with one attached hydrogen (secondary N) is 4. The van der Waals surface area contributed by atoms with Gasteiger partial charge in [0.1, 0.15) is 60.4 Å². The molecule has 5 aromatic rings. The van der Waals surface area contributed by atoms with Gasteiger partial charge in [0.05, 0.1) is 19.7 Å². The minimum atomic E-state index is -3.17. The molecular weight excluding hydrogens is 1450 g/mol. The van der Waals surface area contributed by atoms with Crippen molar-refractivity contribution in [3.05, 3.63) is 130 Å². The number of carbonyl (C=O) groups is 8. The Kier molecular flexibility index (Phi) is 32.0. The predicted octanol–water partition coefficient (Wildman–Crippen LogP) is 9.92. The third kappa shape index (κ3) is 32.7. The van der Waals surface area contributed by atoms with Crippen molar-refractivity contribution >= 4 is 71.0 Å². The van der Waals surface area contributed by atoms with Crippen molar-refractivity contribution in [1.29, 1.82) is 0 Å². The van der Waals surface area contributed by atoms with E-state index in [9.17, 15) is 107 Å². The average molecular weight is 1530 g/mol. The highest BCUT2D eigenvalue weighted by atomic mass is 19.3. The van der Waals surface area contributed by atoms with Gasteiger partial charge in [-0.25, -0.2) is 42.7 Å². The van der Waals surface area contributed by atoms with E-state index in [-0.39, 0.29) is 23.1 Å². The molecule has 0 radical (unpaired) electrons. The number of nitro benzene ring substituents is 4. The van der Waals surface area contributed by atoms with Gasteiger partial charge in [-0.05, 0) is 132 Å². The number of nitro groups is 4. The largest absolute Gasteiger partial charge is 0.484 e. The molecule has 4 atom stereocenters. The lowest BCUT2D eigenvalue weighted by atomic mass is 10.1. The number of amides is 4. The van der Waals surface area contributed by atoms with Gasteiger partial charge >= 0.3 is 77.6 Å². The first-order valence-corrected chi connectivity index (χ1v) is 31.0. The molecule has 0 saturated heterocycles. The smallest absolute Gasteiger partial charge is 0.408 e. The Morgan fingerprint density at radius 3 is 1.21 bits per heavy atom. The molecule has 0 spiro atoms. The van der Waals surface area contributed by atoms with Crippen molar-refractivity contribution in [2.45, 2.75) is 162 Å². The lowest BCUT2D eigenvalue weighted by Crippen LogP contribution is -2.46. The maximum atomic E-state index is 13.5. The Bertz CT molecular complexity index is 4040. The normalized spacial score (nSPS) is 12.9. The number of carboxylic acid groups (broad SMARTS) is 4. The molecule has 44 heteroatoms. The highest BCUT2D eigenvalue weighted by molar-refractivity contribution is 5.82. The van der Waals surface area contributed by atoms with Crippen molar-refractivity contribution in [1.82, 2.24) is 31.5 Å². The molecule has 1 fully saturated rings. The lowest BCUT2D eigenvalue weighted by molar-refractivity contribution is -0.388. The number of ether oxygens (including phenoxy) is 9. The molecule has 40 nitrogen and oxygen atoms in total. The Labute approximate surface area is 602 Å². The van der Waals surface area contributed by atoms with E-state index in [0.29, 0.717) is 29.5 Å². The SMILES string of the molecule is CC(C)(C)OC(=O)N[C@@H](COc1cc(C2CC2)ccc1[N+](=O)[O-])C(=O)O.CC(C)(C)OC(=O)N[C@@H](COc1cc(F)cc(F)c1[N+](=O)[O-])C(=O)O.CC(C)(C)OC(=O)N[C@@H](COc1cc(OC(F)F)ccc1[N+](=O)[O-])C(=O)O.Cc1nnc(-c2ccc(OC[C@H](NC(=O)OC(C)(C)C)C(=O)O)c([N+](=O)[O-])c2)o1. The number of alkyl halides is 2. The van der Waals surface area contributed by atoms with Crippen LogP contribution in [0, 0.1) is 59.0 Å². The molecule has 1 heterocycles. The molecule has 586 valence electrons. The number of rotatable bonds is 28. The Balaban J connectivity index is 0.000000371. The zero-order chi connectivity index (χ0) is 81.4. The van der Waals surface area contributed by atoms with Crippen LogP contribution in [0.25, 0.3) is 11.5 Å². The van der Waals surface area contributed by atoms with Crippen molar-refractivity contribution in [2.24, 2.45) is 0 Å². The fourth-order valence-electron chi connectivity index (χ4n) is 7.75. The summed E-state index contributed by atoms with van der Waals surface area (Å²) in [5, 5.41) is 96.8. The standard InChI is InChI=1S/C17H20N4O8.C17H22N2O7.C15H18F2N2O8.C14H16F2N2O7/c1-9-19-20-14(28-9)10-5-6-13(12(7-10)21(25)26)27-8-11(15(22)23)18-16(24)29-17(2,3)4;1-17(2,3)26-16(22)18-12(15(20)21)9-25-14-8-11(10-4-5-10)6-7-13(14)19(23)24;1-15(2,3)27-14(22)18-9(12(20)21)7-25-11-6-8(26-13(16)17)4-5-10(11)19(23)24;1-14(2,3)25-13(21)17-9(12(19)20)6-24-10-5-7(15)4-8(16)11(10)18(22)23/h5-7,11H,8H2,1-4H3,(H,18,24)(H,22,23);6-8,10,12H,4-5,9H2,1-3H3,(H,18,22)(H,20,21);4-6,9,13H,7H2,1-3H3,(H,18,22)(H,20,21);4-5,9H,6H2,1-3H3,(H,17,21)(H,19,20)/t11-;12-;2*9-/m0000/s1. The van der Waals surface area contributed by atoms with Gasteiger partial charge in [-0.3, -0.25) is 40.5 Å². The second-order valence-corrected chi connectivity index (χ2v) is 26.0. The van der Waals surface area contributed by atoms with Crippen LogP contribution in [-0.4, -0.2) is 178 Å². The van der Waals surface area contributed by atoms with Crippen molar-refractivity contribution < 1.29 is 143 Å². The number of carboxylic acids is 4. The predicted molar refractivity (Wildman–Crippen MR) is 354 cm³/mol. The van der Waals surface area contributed by atoms with Crippen LogP contribution in [0.2, 0.25) is 0 Å². The summed E-state index contributed by atoms with van der Waals surface area (Å²) in [7, 11) is 0. The first-order valence-electron chi connectivity index (χ1n) is 31.0. The minimum Gasteiger partial charge on any atom is -0.484 e. The molecule has 0 unspecified atom stereocenters. The van der Waals surface area contributed by atoms with Gasteiger partial charge in [0.25, 0.3) is 0 Å². The number of aromatic nitrogens is 2. The summed E-state index contributed by atoms with van der Waals surface area (Å²) in [4.78, 5) is 133. The Morgan fingerprint density at radius 1 is 0.495 bits per heavy atom. The van der Waals surface area contributed by atoms with E-state index in [1.807, 2.05) is 10.6 Å². The number of alkyl carbamates (subject to hydrolysis) is 4. The van der Waals surface area contributed by atoms with Gasteiger partial charge in [0.2, 0.25) is 29.1 Å².